The van der Waals surface area contributed by atoms with Crippen LogP contribution in [0.4, 0.5) is 11.5 Å². The number of aromatic nitrogens is 1. The van der Waals surface area contributed by atoms with Crippen LogP contribution < -0.4 is 20.1 Å². The molecule has 6 nitrogen and oxygen atoms in total. The molecule has 1 heterocycles. The number of amides is 1. The number of anilines is 2. The summed E-state index contributed by atoms with van der Waals surface area (Å²) in [6.07, 6.45) is 1.60. The number of nitrogens with zero attached hydrogens (tertiary/aromatic N) is 1. The average molecular weight is 363 g/mol. The molecule has 2 N–H and O–H groups in total. The van der Waals surface area contributed by atoms with E-state index in [0.717, 1.165) is 17.2 Å². The first-order valence-corrected chi connectivity index (χ1v) is 8.58. The van der Waals surface area contributed by atoms with E-state index in [4.69, 9.17) is 9.47 Å². The number of methoxy groups -OCH3 is 1. The maximum Gasteiger partial charge on any atom is 0.255 e. The van der Waals surface area contributed by atoms with Gasteiger partial charge in [0.05, 0.1) is 13.7 Å². The third-order valence-electron chi connectivity index (χ3n) is 3.79. The predicted octanol–water partition coefficient (Wildman–Crippen LogP) is 3.83. The highest BCUT2D eigenvalue weighted by Crippen LogP contribution is 2.17. The Kier molecular flexibility index (Phi) is 6.25. The van der Waals surface area contributed by atoms with Crippen LogP contribution in [0, 0.1) is 0 Å². The van der Waals surface area contributed by atoms with Gasteiger partial charge in [-0.15, -0.1) is 0 Å². The van der Waals surface area contributed by atoms with E-state index in [1.54, 1.807) is 25.4 Å². The second kappa shape index (κ2) is 9.24. The molecule has 0 aliphatic carbocycles. The van der Waals surface area contributed by atoms with E-state index >= 15 is 0 Å². The van der Waals surface area contributed by atoms with Crippen molar-refractivity contribution < 1.29 is 14.3 Å². The van der Waals surface area contributed by atoms with Crippen LogP contribution in [0.2, 0.25) is 0 Å². The summed E-state index contributed by atoms with van der Waals surface area (Å²) in [4.78, 5) is 16.6. The summed E-state index contributed by atoms with van der Waals surface area (Å²) < 4.78 is 10.8. The van der Waals surface area contributed by atoms with Gasteiger partial charge in [0.1, 0.15) is 23.9 Å². The van der Waals surface area contributed by atoms with Crippen LogP contribution in [0.3, 0.4) is 0 Å². The summed E-state index contributed by atoms with van der Waals surface area (Å²) in [6.45, 7) is 1.03. The topological polar surface area (TPSA) is 72.5 Å². The van der Waals surface area contributed by atoms with Crippen molar-refractivity contribution in [3.05, 3.63) is 78.5 Å². The van der Waals surface area contributed by atoms with Gasteiger partial charge < -0.3 is 20.1 Å². The molecule has 3 aromatic rings. The lowest BCUT2D eigenvalue weighted by Gasteiger charge is -2.10. The van der Waals surface area contributed by atoms with Gasteiger partial charge in [-0.2, -0.15) is 0 Å². The molecule has 0 atom stereocenters. The zero-order valence-corrected chi connectivity index (χ0v) is 15.0. The highest BCUT2D eigenvalue weighted by atomic mass is 16.5. The van der Waals surface area contributed by atoms with Crippen LogP contribution in [-0.4, -0.2) is 31.2 Å². The van der Waals surface area contributed by atoms with Gasteiger partial charge in [-0.3, -0.25) is 4.79 Å². The van der Waals surface area contributed by atoms with Crippen molar-refractivity contribution in [2.45, 2.75) is 0 Å². The Bertz CT molecular complexity index is 867. The van der Waals surface area contributed by atoms with Crippen LogP contribution in [0.15, 0.2) is 72.9 Å². The van der Waals surface area contributed by atoms with E-state index in [2.05, 4.69) is 15.6 Å². The molecule has 3 rings (SSSR count). The molecule has 0 spiro atoms. The van der Waals surface area contributed by atoms with E-state index < -0.39 is 0 Å². The Hall–Kier alpha value is -3.54. The fraction of sp³-hybridized carbons (Fsp3) is 0.143. The molecule has 0 saturated carbocycles. The second-order valence-corrected chi connectivity index (χ2v) is 5.70. The molecule has 6 heteroatoms. The number of nitrogens with one attached hydrogen (secondary N) is 2. The lowest BCUT2D eigenvalue weighted by molar-refractivity contribution is 0.102. The van der Waals surface area contributed by atoms with E-state index in [9.17, 15) is 4.79 Å². The molecule has 27 heavy (non-hydrogen) atoms. The van der Waals surface area contributed by atoms with Crippen molar-refractivity contribution >= 4 is 17.4 Å². The second-order valence-electron chi connectivity index (χ2n) is 5.70. The molecule has 2 aromatic carbocycles. The first-order valence-electron chi connectivity index (χ1n) is 8.58. The number of hydrogen-bond donors (Lipinski definition) is 2. The van der Waals surface area contributed by atoms with Gasteiger partial charge in [-0.25, -0.2) is 4.98 Å². The molecule has 0 fully saturated rings. The number of carbonyl (C=O) groups is 1. The Morgan fingerprint density at radius 1 is 1.00 bits per heavy atom. The highest BCUT2D eigenvalue weighted by molar-refractivity contribution is 6.04. The molecule has 0 aliphatic heterocycles. The fourth-order valence-corrected chi connectivity index (χ4v) is 2.41. The zero-order chi connectivity index (χ0) is 18.9. The Morgan fingerprint density at radius 3 is 2.48 bits per heavy atom. The summed E-state index contributed by atoms with van der Waals surface area (Å²) in [5.74, 6) is 1.99. The van der Waals surface area contributed by atoms with E-state index in [-0.39, 0.29) is 5.91 Å². The Balaban J connectivity index is 1.49. The monoisotopic (exact) mass is 363 g/mol. The van der Waals surface area contributed by atoms with E-state index in [1.807, 2.05) is 54.6 Å². The maximum atomic E-state index is 12.3. The maximum absolute atomic E-state index is 12.3. The highest BCUT2D eigenvalue weighted by Gasteiger charge is 2.07. The zero-order valence-electron chi connectivity index (χ0n) is 15.0. The normalized spacial score (nSPS) is 10.1. The lowest BCUT2D eigenvalue weighted by Crippen LogP contribution is -2.15. The van der Waals surface area contributed by atoms with Crippen molar-refractivity contribution in [1.82, 2.24) is 4.98 Å². The van der Waals surface area contributed by atoms with Crippen LogP contribution in [-0.2, 0) is 0 Å². The lowest BCUT2D eigenvalue weighted by atomic mass is 10.2. The number of para-hydroxylation sites is 1. The molecule has 1 amide bonds. The number of pyridine rings is 1. The van der Waals surface area contributed by atoms with Gasteiger partial charge in [0.2, 0.25) is 0 Å². The summed E-state index contributed by atoms with van der Waals surface area (Å²) in [5.41, 5.74) is 1.29. The van der Waals surface area contributed by atoms with Crippen molar-refractivity contribution in [3.8, 4) is 11.5 Å². The Morgan fingerprint density at radius 2 is 1.74 bits per heavy atom. The summed E-state index contributed by atoms with van der Waals surface area (Å²) >= 11 is 0. The molecular formula is C21H21N3O3. The average Bonchev–Trinajstić information content (AvgIpc) is 2.72. The smallest absolute Gasteiger partial charge is 0.255 e. The molecular weight excluding hydrogens is 342 g/mol. The SMILES string of the molecule is COc1ccc(OCCNc2cc(C(=O)Nc3ccccc3)ccn2)cc1. The largest absolute Gasteiger partial charge is 0.497 e. The molecule has 1 aromatic heterocycles. The van der Waals surface area contributed by atoms with Gasteiger partial charge in [-0.05, 0) is 48.5 Å². The molecule has 138 valence electrons. The number of carbonyl (C=O) groups excluding carboxylic acids is 1. The summed E-state index contributed by atoms with van der Waals surface area (Å²) in [7, 11) is 1.63. The van der Waals surface area contributed by atoms with E-state index in [1.165, 1.54) is 0 Å². The predicted molar refractivity (Wildman–Crippen MR) is 106 cm³/mol. The van der Waals surface area contributed by atoms with Crippen molar-refractivity contribution in [3.63, 3.8) is 0 Å². The quantitative estimate of drug-likeness (QED) is 0.595. The van der Waals surface area contributed by atoms with Gasteiger partial charge in [0.15, 0.2) is 0 Å². The fourth-order valence-electron chi connectivity index (χ4n) is 2.41. The Labute approximate surface area is 158 Å². The molecule has 0 bridgehead atoms. The van der Waals surface area contributed by atoms with Gasteiger partial charge in [0.25, 0.3) is 5.91 Å². The van der Waals surface area contributed by atoms with Gasteiger partial charge in [0, 0.05) is 17.4 Å². The minimum Gasteiger partial charge on any atom is -0.497 e. The first-order chi connectivity index (χ1) is 13.2. The minimum atomic E-state index is -0.180. The third-order valence-corrected chi connectivity index (χ3v) is 3.79. The number of benzene rings is 2. The van der Waals surface area contributed by atoms with Crippen LogP contribution in [0.25, 0.3) is 0 Å². The van der Waals surface area contributed by atoms with Crippen molar-refractivity contribution in [2.24, 2.45) is 0 Å². The number of rotatable bonds is 8. The van der Waals surface area contributed by atoms with Gasteiger partial charge >= 0.3 is 0 Å². The standard InChI is InChI=1S/C21H21N3O3/c1-26-18-7-9-19(10-8-18)27-14-13-23-20-15-16(11-12-22-20)21(25)24-17-5-3-2-4-6-17/h2-12,15H,13-14H2,1H3,(H,22,23)(H,24,25). The van der Waals surface area contributed by atoms with Gasteiger partial charge in [-0.1, -0.05) is 18.2 Å². The van der Waals surface area contributed by atoms with Crippen molar-refractivity contribution in [1.29, 1.82) is 0 Å². The number of ether oxygens (including phenoxy) is 2. The number of hydrogen-bond acceptors (Lipinski definition) is 5. The molecule has 0 radical (unpaired) electrons. The van der Waals surface area contributed by atoms with Crippen LogP contribution in [0.5, 0.6) is 11.5 Å². The molecule has 0 saturated heterocycles. The van der Waals surface area contributed by atoms with E-state index in [0.29, 0.717) is 24.5 Å². The summed E-state index contributed by atoms with van der Waals surface area (Å²) in [5, 5.41) is 6.01. The summed E-state index contributed by atoms with van der Waals surface area (Å²) in [6, 6.07) is 20.1. The van der Waals surface area contributed by atoms with Crippen molar-refractivity contribution in [2.75, 3.05) is 30.9 Å². The minimum absolute atomic E-state index is 0.180. The first kappa shape index (κ1) is 18.3. The molecule has 0 aliphatic rings. The van der Waals surface area contributed by atoms with Crippen LogP contribution >= 0.6 is 0 Å². The molecule has 0 unspecified atom stereocenters. The van der Waals surface area contributed by atoms with Crippen LogP contribution in [0.1, 0.15) is 10.4 Å². The third kappa shape index (κ3) is 5.47.